The maximum absolute atomic E-state index is 12.3. The molecule has 156 valence electrons. The molecule has 3 aliphatic rings. The van der Waals surface area contributed by atoms with Crippen molar-refractivity contribution < 1.29 is 13.5 Å². The normalized spacial score (nSPS) is 27.6. The minimum atomic E-state index is -3.46. The molecule has 0 spiro atoms. The Morgan fingerprint density at radius 3 is 2.46 bits per heavy atom. The molecule has 0 bridgehead atoms. The topological polar surface area (TPSA) is 94.6 Å². The third kappa shape index (κ3) is 5.03. The first-order chi connectivity index (χ1) is 13.5. The van der Waals surface area contributed by atoms with Crippen molar-refractivity contribution in [2.24, 2.45) is 5.92 Å². The highest BCUT2D eigenvalue weighted by Crippen LogP contribution is 2.28. The van der Waals surface area contributed by atoms with E-state index in [1.165, 1.54) is 12.6 Å². The molecule has 0 radical (unpaired) electrons. The van der Waals surface area contributed by atoms with Crippen molar-refractivity contribution in [2.45, 2.75) is 74.4 Å². The largest absolute Gasteiger partial charge is 0.391 e. The minimum absolute atomic E-state index is 0.178. The van der Waals surface area contributed by atoms with Crippen LogP contribution in [0.1, 0.15) is 51.4 Å². The maximum atomic E-state index is 12.3. The van der Waals surface area contributed by atoms with Crippen LogP contribution in [-0.4, -0.2) is 61.2 Å². The van der Waals surface area contributed by atoms with Crippen molar-refractivity contribution in [3.63, 3.8) is 0 Å². The second kappa shape index (κ2) is 8.65. The number of nitrogens with one attached hydrogen (secondary N) is 2. The quantitative estimate of drug-likeness (QED) is 0.638. The van der Waals surface area contributed by atoms with Crippen LogP contribution in [0.2, 0.25) is 0 Å². The number of nitrogens with zero attached hydrogens (tertiary/aromatic N) is 2. The zero-order valence-corrected chi connectivity index (χ0v) is 17.2. The summed E-state index contributed by atoms with van der Waals surface area (Å²) in [7, 11) is -3.46. The molecule has 1 aromatic heterocycles. The van der Waals surface area contributed by atoms with Crippen LogP contribution in [0.5, 0.6) is 0 Å². The van der Waals surface area contributed by atoms with Crippen molar-refractivity contribution in [1.82, 2.24) is 14.6 Å². The zero-order chi connectivity index (χ0) is 19.6. The van der Waals surface area contributed by atoms with E-state index in [-0.39, 0.29) is 11.0 Å². The Morgan fingerprint density at radius 2 is 1.82 bits per heavy atom. The highest BCUT2D eigenvalue weighted by molar-refractivity contribution is 7.89. The van der Waals surface area contributed by atoms with Crippen LogP contribution < -0.4 is 10.0 Å². The molecule has 3 fully saturated rings. The highest BCUT2D eigenvalue weighted by atomic mass is 32.2. The molecule has 7 nitrogen and oxygen atoms in total. The Balaban J connectivity index is 1.27. The average molecular weight is 409 g/mol. The van der Waals surface area contributed by atoms with E-state index >= 15 is 0 Å². The summed E-state index contributed by atoms with van der Waals surface area (Å²) in [5, 5.41) is 13.7. The highest BCUT2D eigenvalue weighted by Gasteiger charge is 2.31. The van der Waals surface area contributed by atoms with E-state index in [0.29, 0.717) is 24.5 Å². The van der Waals surface area contributed by atoms with Gasteiger partial charge in [0.05, 0.1) is 6.10 Å². The summed E-state index contributed by atoms with van der Waals surface area (Å²) in [5.74, 6) is 1.22. The third-order valence-corrected chi connectivity index (χ3v) is 7.76. The molecule has 2 heterocycles. The van der Waals surface area contributed by atoms with Gasteiger partial charge in [-0.2, -0.15) is 0 Å². The van der Waals surface area contributed by atoms with Gasteiger partial charge in [-0.05, 0) is 56.6 Å². The van der Waals surface area contributed by atoms with E-state index in [1.54, 1.807) is 12.1 Å². The Bertz CT molecular complexity index is 743. The van der Waals surface area contributed by atoms with E-state index in [2.05, 4.69) is 19.9 Å². The van der Waals surface area contributed by atoms with Crippen molar-refractivity contribution in [1.29, 1.82) is 0 Å². The molecule has 3 N–H and O–H groups in total. The van der Waals surface area contributed by atoms with Gasteiger partial charge in [0.1, 0.15) is 10.7 Å². The third-order valence-electron chi connectivity index (χ3n) is 6.35. The van der Waals surface area contributed by atoms with E-state index < -0.39 is 10.0 Å². The van der Waals surface area contributed by atoms with Crippen LogP contribution in [0.15, 0.2) is 23.2 Å². The Morgan fingerprint density at radius 1 is 1.07 bits per heavy atom. The maximum Gasteiger partial charge on any atom is 0.242 e. The van der Waals surface area contributed by atoms with Crippen LogP contribution in [0, 0.1) is 5.92 Å². The number of sulfonamides is 1. The molecule has 8 heteroatoms. The number of rotatable bonds is 7. The van der Waals surface area contributed by atoms with Gasteiger partial charge < -0.3 is 10.4 Å². The number of anilines is 1. The molecule has 1 aliphatic heterocycles. The van der Waals surface area contributed by atoms with E-state index in [4.69, 9.17) is 0 Å². The molecular formula is C20H32N4O3S. The summed E-state index contributed by atoms with van der Waals surface area (Å²) >= 11 is 0. The molecule has 2 saturated carbocycles. The monoisotopic (exact) mass is 408 g/mol. The van der Waals surface area contributed by atoms with Gasteiger partial charge in [0.25, 0.3) is 0 Å². The number of hydrogen-bond donors (Lipinski definition) is 3. The molecule has 28 heavy (non-hydrogen) atoms. The van der Waals surface area contributed by atoms with Gasteiger partial charge in [-0.3, -0.25) is 4.90 Å². The number of aromatic nitrogens is 1. The number of pyridine rings is 1. The Labute approximate surface area is 168 Å². The van der Waals surface area contributed by atoms with Gasteiger partial charge in [0.2, 0.25) is 10.0 Å². The fourth-order valence-electron chi connectivity index (χ4n) is 4.36. The number of piperidine rings is 1. The summed E-state index contributed by atoms with van der Waals surface area (Å²) < 4.78 is 27.2. The predicted octanol–water partition coefficient (Wildman–Crippen LogP) is 1.95. The molecule has 0 aromatic carbocycles. The van der Waals surface area contributed by atoms with Crippen LogP contribution in [0.3, 0.4) is 0 Å². The average Bonchev–Trinajstić information content (AvgIpc) is 3.53. The van der Waals surface area contributed by atoms with Crippen molar-refractivity contribution in [2.75, 3.05) is 25.0 Å². The van der Waals surface area contributed by atoms with E-state index in [9.17, 15) is 13.5 Å². The first kappa shape index (κ1) is 20.1. The minimum Gasteiger partial charge on any atom is -0.391 e. The van der Waals surface area contributed by atoms with E-state index in [1.807, 2.05) is 0 Å². The van der Waals surface area contributed by atoms with Crippen molar-refractivity contribution in [3.05, 3.63) is 18.3 Å². The van der Waals surface area contributed by atoms with Crippen molar-refractivity contribution >= 4 is 15.8 Å². The molecule has 2 unspecified atom stereocenters. The lowest BCUT2D eigenvalue weighted by atomic mass is 9.89. The lowest BCUT2D eigenvalue weighted by Gasteiger charge is -2.41. The number of likely N-dealkylation sites (tertiary alicyclic amines) is 1. The van der Waals surface area contributed by atoms with Gasteiger partial charge >= 0.3 is 0 Å². The molecule has 0 amide bonds. The lowest BCUT2D eigenvalue weighted by molar-refractivity contribution is 0.00992. The lowest BCUT2D eigenvalue weighted by Crippen LogP contribution is -2.50. The van der Waals surface area contributed by atoms with E-state index in [0.717, 1.165) is 63.9 Å². The zero-order valence-electron chi connectivity index (χ0n) is 16.4. The molecule has 2 aliphatic carbocycles. The Kier molecular flexibility index (Phi) is 6.20. The molecule has 2 atom stereocenters. The molecule has 1 aromatic rings. The van der Waals surface area contributed by atoms with Gasteiger partial charge in [0.15, 0.2) is 0 Å². The summed E-state index contributed by atoms with van der Waals surface area (Å²) in [4.78, 5) is 6.98. The first-order valence-electron chi connectivity index (χ1n) is 10.7. The van der Waals surface area contributed by atoms with Gasteiger partial charge in [-0.15, -0.1) is 0 Å². The van der Waals surface area contributed by atoms with Gasteiger partial charge in [-0.25, -0.2) is 18.1 Å². The Hall–Kier alpha value is -1.22. The van der Waals surface area contributed by atoms with Crippen molar-refractivity contribution in [3.8, 4) is 0 Å². The second-order valence-corrected chi connectivity index (χ2v) is 10.3. The van der Waals surface area contributed by atoms with Crippen LogP contribution >= 0.6 is 0 Å². The standard InChI is InChI=1S/C20H32N4O3S/c25-19-4-2-1-3-18(19)24-11-9-16(10-12-24)23-20-8-7-17(14-21-20)28(26,27)22-13-15-5-6-15/h7-8,14-16,18-19,22,25H,1-6,9-13H2,(H,21,23). The second-order valence-electron chi connectivity index (χ2n) is 8.55. The molecular weight excluding hydrogens is 376 g/mol. The molecule has 1 saturated heterocycles. The summed E-state index contributed by atoms with van der Waals surface area (Å²) in [5.41, 5.74) is 0. The molecule has 4 rings (SSSR count). The fourth-order valence-corrected chi connectivity index (χ4v) is 5.42. The predicted molar refractivity (Wildman–Crippen MR) is 109 cm³/mol. The smallest absolute Gasteiger partial charge is 0.242 e. The van der Waals surface area contributed by atoms with Gasteiger partial charge in [-0.1, -0.05) is 12.8 Å². The van der Waals surface area contributed by atoms with Crippen LogP contribution in [0.4, 0.5) is 5.82 Å². The summed E-state index contributed by atoms with van der Waals surface area (Å²) in [6.07, 6.45) is 9.89. The number of aliphatic hydroxyl groups is 1. The van der Waals surface area contributed by atoms with Gasteiger partial charge in [0, 0.05) is 37.9 Å². The summed E-state index contributed by atoms with van der Waals surface area (Å²) in [6.45, 7) is 2.49. The first-order valence-corrected chi connectivity index (χ1v) is 12.1. The number of hydrogen-bond acceptors (Lipinski definition) is 6. The summed E-state index contributed by atoms with van der Waals surface area (Å²) in [6, 6.07) is 4.03. The van der Waals surface area contributed by atoms with Crippen LogP contribution in [-0.2, 0) is 10.0 Å². The number of aliphatic hydroxyl groups excluding tert-OH is 1. The SMILES string of the molecule is O=S(=O)(NCC1CC1)c1ccc(NC2CCN(C3CCCCC3O)CC2)nc1. The fraction of sp³-hybridized carbons (Fsp3) is 0.750. The van der Waals surface area contributed by atoms with Crippen LogP contribution in [0.25, 0.3) is 0 Å².